The number of carbonyl (C=O) groups excluding carboxylic acids is 1. The number of hydrogen-bond donors (Lipinski definition) is 4. The van der Waals surface area contributed by atoms with Gasteiger partial charge in [-0.15, -0.1) is 5.10 Å². The second-order valence-corrected chi connectivity index (χ2v) is 9.50. The molecule has 0 bridgehead atoms. The zero-order valence-electron chi connectivity index (χ0n) is 18.1. The lowest BCUT2D eigenvalue weighted by molar-refractivity contribution is -0.141. The molecule has 188 valence electrons. The van der Waals surface area contributed by atoms with E-state index in [0.29, 0.717) is 29.0 Å². The highest BCUT2D eigenvalue weighted by molar-refractivity contribution is 7.99. The van der Waals surface area contributed by atoms with E-state index in [1.54, 1.807) is 29.2 Å². The molecular formula is C22H17Cl2F3N6O2S. The van der Waals surface area contributed by atoms with E-state index in [0.717, 1.165) is 5.56 Å². The van der Waals surface area contributed by atoms with E-state index in [2.05, 4.69) is 10.6 Å². The Kier molecular flexibility index (Phi) is 7.23. The maximum atomic E-state index is 13.5. The topological polar surface area (TPSA) is 130 Å². The number of alkyl halides is 3. The van der Waals surface area contributed by atoms with E-state index in [1.165, 1.54) is 17.0 Å². The number of halogens is 5. The molecule has 1 aromatic heterocycles. The lowest BCUT2D eigenvalue weighted by Gasteiger charge is -2.19. The second-order valence-electron chi connectivity index (χ2n) is 7.63. The van der Waals surface area contributed by atoms with E-state index in [9.17, 15) is 22.8 Å². The summed E-state index contributed by atoms with van der Waals surface area (Å²) in [6.07, 6.45) is -4.85. The number of benzene rings is 2. The number of amidine groups is 1. The standard InChI is InChI=1S/C22H17Cl2F3N6O2S/c23-13-5-2-6-14(24)18(13)36-15-7-16(22(25,26)27)30-20(34)17(15)21(35)33-8-10-3-1-4-11(12(10)9-33)19(28)31-32-29/h1-7,32H,8-9,29H2,(H2,28,31)(H,30,34). The molecule has 1 aliphatic heterocycles. The van der Waals surface area contributed by atoms with Crippen molar-refractivity contribution in [3.63, 3.8) is 0 Å². The predicted molar refractivity (Wildman–Crippen MR) is 131 cm³/mol. The smallest absolute Gasteiger partial charge is 0.382 e. The summed E-state index contributed by atoms with van der Waals surface area (Å²) in [6, 6.07) is 10.4. The van der Waals surface area contributed by atoms with Gasteiger partial charge in [-0.05, 0) is 29.3 Å². The van der Waals surface area contributed by atoms with Crippen molar-refractivity contribution >= 4 is 46.7 Å². The normalized spacial score (nSPS) is 13.6. The van der Waals surface area contributed by atoms with Gasteiger partial charge >= 0.3 is 6.18 Å². The summed E-state index contributed by atoms with van der Waals surface area (Å²) in [5.74, 6) is 4.51. The number of rotatable bonds is 5. The molecule has 0 spiro atoms. The van der Waals surface area contributed by atoms with Crippen LogP contribution in [0.3, 0.4) is 0 Å². The van der Waals surface area contributed by atoms with Crippen LogP contribution in [0.15, 0.2) is 62.2 Å². The number of aromatic amines is 1. The van der Waals surface area contributed by atoms with Gasteiger partial charge in [-0.3, -0.25) is 9.59 Å². The Balaban J connectivity index is 1.78. The number of H-pyrrole nitrogens is 1. The van der Waals surface area contributed by atoms with Crippen molar-refractivity contribution in [2.45, 2.75) is 29.1 Å². The maximum absolute atomic E-state index is 13.5. The van der Waals surface area contributed by atoms with Crippen molar-refractivity contribution < 1.29 is 18.0 Å². The zero-order valence-corrected chi connectivity index (χ0v) is 20.4. The quantitative estimate of drug-likeness (QED) is 0.162. The van der Waals surface area contributed by atoms with Crippen molar-refractivity contribution in [3.05, 3.63) is 90.8 Å². The third kappa shape index (κ3) is 5.03. The highest BCUT2D eigenvalue weighted by Gasteiger charge is 2.36. The molecule has 1 aliphatic rings. The maximum Gasteiger partial charge on any atom is 0.431 e. The molecule has 1 amide bonds. The summed E-state index contributed by atoms with van der Waals surface area (Å²) in [5.41, 5.74) is 7.02. The Bertz CT molecular complexity index is 1420. The predicted octanol–water partition coefficient (Wildman–Crippen LogP) is 4.09. The third-order valence-electron chi connectivity index (χ3n) is 5.38. The van der Waals surface area contributed by atoms with Crippen LogP contribution in [0.25, 0.3) is 0 Å². The molecular weight excluding hydrogens is 540 g/mol. The molecule has 14 heteroatoms. The number of amides is 1. The van der Waals surface area contributed by atoms with Crippen molar-refractivity contribution in [2.24, 2.45) is 16.7 Å². The minimum absolute atomic E-state index is 0.0442. The molecule has 0 aliphatic carbocycles. The third-order valence-corrected chi connectivity index (χ3v) is 7.42. The molecule has 0 saturated carbocycles. The number of hydrazine groups is 1. The molecule has 0 fully saturated rings. The molecule has 4 rings (SSSR count). The second kappa shape index (κ2) is 10.1. The van der Waals surface area contributed by atoms with Crippen LogP contribution < -0.4 is 22.7 Å². The Morgan fingerprint density at radius 2 is 1.81 bits per heavy atom. The number of pyridine rings is 1. The van der Waals surface area contributed by atoms with E-state index in [4.69, 9.17) is 34.8 Å². The molecule has 36 heavy (non-hydrogen) atoms. The summed E-state index contributed by atoms with van der Waals surface area (Å²) in [4.78, 5) is 29.5. The van der Waals surface area contributed by atoms with Crippen molar-refractivity contribution in [1.82, 2.24) is 15.4 Å². The summed E-state index contributed by atoms with van der Waals surface area (Å²) in [5, 5.41) is 4.06. The van der Waals surface area contributed by atoms with Gasteiger partial charge < -0.3 is 15.6 Å². The minimum atomic E-state index is -4.85. The Labute approximate surface area is 216 Å². The van der Waals surface area contributed by atoms with Gasteiger partial charge in [-0.2, -0.15) is 13.2 Å². The number of nitrogens with zero attached hydrogens (tertiary/aromatic N) is 2. The first-order chi connectivity index (χ1) is 17.0. The number of hydrogen-bond acceptors (Lipinski definition) is 6. The van der Waals surface area contributed by atoms with Gasteiger partial charge in [0.15, 0.2) is 5.84 Å². The van der Waals surface area contributed by atoms with Crippen LogP contribution in [0.2, 0.25) is 10.0 Å². The number of aromatic nitrogens is 1. The van der Waals surface area contributed by atoms with Crippen molar-refractivity contribution in [1.29, 1.82) is 0 Å². The zero-order chi connectivity index (χ0) is 26.2. The first-order valence-electron chi connectivity index (χ1n) is 10.2. The van der Waals surface area contributed by atoms with Crippen LogP contribution >= 0.6 is 35.0 Å². The van der Waals surface area contributed by atoms with Gasteiger partial charge in [0.25, 0.3) is 11.5 Å². The van der Waals surface area contributed by atoms with Crippen LogP contribution in [-0.2, 0) is 19.3 Å². The van der Waals surface area contributed by atoms with Gasteiger partial charge in [0.1, 0.15) is 11.3 Å². The molecule has 2 aromatic carbocycles. The van der Waals surface area contributed by atoms with Crippen LogP contribution in [0.5, 0.6) is 0 Å². The van der Waals surface area contributed by atoms with Gasteiger partial charge in [0.05, 0.1) is 10.0 Å². The summed E-state index contributed by atoms with van der Waals surface area (Å²) in [6.45, 7) is 0.144. The van der Waals surface area contributed by atoms with Gasteiger partial charge in [0, 0.05) is 28.4 Å². The van der Waals surface area contributed by atoms with Crippen LogP contribution in [0.1, 0.15) is 32.7 Å². The van der Waals surface area contributed by atoms with E-state index in [-0.39, 0.29) is 38.8 Å². The molecule has 6 N–H and O–H groups in total. The van der Waals surface area contributed by atoms with E-state index >= 15 is 0 Å². The lowest BCUT2D eigenvalue weighted by atomic mass is 10.0. The SMILES string of the molecule is NN/N=C(\N)c1cccc2c1CN(C(=O)c1c(Sc3c(Cl)cccc3Cl)cc(C(F)(F)F)[nH]c1=O)C2. The average Bonchev–Trinajstić information content (AvgIpc) is 3.25. The van der Waals surface area contributed by atoms with Crippen molar-refractivity contribution in [2.75, 3.05) is 0 Å². The van der Waals surface area contributed by atoms with Crippen molar-refractivity contribution in [3.8, 4) is 0 Å². The summed E-state index contributed by atoms with van der Waals surface area (Å²) < 4.78 is 40.4. The highest BCUT2D eigenvalue weighted by Crippen LogP contribution is 2.41. The average molecular weight is 557 g/mol. The van der Waals surface area contributed by atoms with Crippen LogP contribution in [0.4, 0.5) is 13.2 Å². The molecule has 0 atom stereocenters. The summed E-state index contributed by atoms with van der Waals surface area (Å²) >= 11 is 13.1. The first-order valence-corrected chi connectivity index (χ1v) is 11.7. The number of hydrazone groups is 1. The number of carbonyl (C=O) groups is 1. The largest absolute Gasteiger partial charge is 0.431 e. The molecule has 3 aromatic rings. The van der Waals surface area contributed by atoms with Crippen LogP contribution in [0, 0.1) is 0 Å². The summed E-state index contributed by atoms with van der Waals surface area (Å²) in [7, 11) is 0. The Morgan fingerprint density at radius 1 is 1.14 bits per heavy atom. The molecule has 0 saturated heterocycles. The number of fused-ring (bicyclic) bond motifs is 1. The lowest BCUT2D eigenvalue weighted by Crippen LogP contribution is -2.33. The van der Waals surface area contributed by atoms with E-state index < -0.39 is 28.9 Å². The number of nitrogens with one attached hydrogen (secondary N) is 2. The first kappa shape index (κ1) is 25.9. The van der Waals surface area contributed by atoms with Gasteiger partial charge in [-0.25, -0.2) is 11.4 Å². The molecule has 0 unspecified atom stereocenters. The van der Waals surface area contributed by atoms with E-state index in [1.807, 2.05) is 0 Å². The monoisotopic (exact) mass is 556 g/mol. The van der Waals surface area contributed by atoms with Gasteiger partial charge in [-0.1, -0.05) is 59.2 Å². The fourth-order valence-electron chi connectivity index (χ4n) is 3.76. The molecule has 8 nitrogen and oxygen atoms in total. The molecule has 0 radical (unpaired) electrons. The fourth-order valence-corrected chi connectivity index (χ4v) is 5.39. The highest BCUT2D eigenvalue weighted by atomic mass is 35.5. The van der Waals surface area contributed by atoms with Gasteiger partial charge in [0.2, 0.25) is 0 Å². The Hall–Kier alpha value is -3.19. The molecule has 2 heterocycles. The minimum Gasteiger partial charge on any atom is -0.382 e. The number of nitrogens with two attached hydrogens (primary N) is 2. The fraction of sp³-hybridized carbons (Fsp3) is 0.136. The van der Waals surface area contributed by atoms with Crippen LogP contribution in [-0.4, -0.2) is 21.6 Å². The Morgan fingerprint density at radius 3 is 2.44 bits per heavy atom.